The van der Waals surface area contributed by atoms with Gasteiger partial charge in [-0.1, -0.05) is 0 Å². The molecule has 0 spiro atoms. The molecule has 12 heteroatoms. The molecule has 0 radical (unpaired) electrons. The summed E-state index contributed by atoms with van der Waals surface area (Å²) in [5.74, 6) is -4.64. The highest BCUT2D eigenvalue weighted by molar-refractivity contribution is 7.87. The van der Waals surface area contributed by atoms with Crippen LogP contribution < -0.4 is 0 Å². The van der Waals surface area contributed by atoms with Crippen molar-refractivity contribution in [1.29, 1.82) is 0 Å². The Kier molecular flexibility index (Phi) is 5.35. The van der Waals surface area contributed by atoms with E-state index in [1.54, 1.807) is 0 Å². The summed E-state index contributed by atoms with van der Waals surface area (Å²) in [5, 5.41) is -2.02. The summed E-state index contributed by atoms with van der Waals surface area (Å²) in [4.78, 5) is 64.9. The average Bonchev–Trinajstić information content (AvgIpc) is 3.09. The van der Waals surface area contributed by atoms with Crippen LogP contribution in [0.25, 0.3) is 0 Å². The van der Waals surface area contributed by atoms with Crippen molar-refractivity contribution in [2.75, 3.05) is 6.54 Å². The predicted octanol–water partition coefficient (Wildman–Crippen LogP) is -1.15. The molecule has 1 aliphatic carbocycles. The zero-order valence-corrected chi connectivity index (χ0v) is 15.4. The Morgan fingerprint density at radius 1 is 1.07 bits per heavy atom. The summed E-state index contributed by atoms with van der Waals surface area (Å²) in [6.45, 7) is 0.249. The van der Waals surface area contributed by atoms with Crippen molar-refractivity contribution < 1.29 is 41.8 Å². The third kappa shape index (κ3) is 3.97. The first-order valence-corrected chi connectivity index (χ1v) is 10.1. The molecule has 0 aromatic carbocycles. The molecule has 11 nitrogen and oxygen atoms in total. The third-order valence-electron chi connectivity index (χ3n) is 5.11. The Labute approximate surface area is 160 Å². The molecule has 0 bridgehead atoms. The summed E-state index contributed by atoms with van der Waals surface area (Å²) in [6.07, 6.45) is 3.30. The highest BCUT2D eigenvalue weighted by Crippen LogP contribution is 2.31. The first-order valence-electron chi connectivity index (χ1n) is 8.64. The van der Waals surface area contributed by atoms with Crippen LogP contribution in [0.2, 0.25) is 0 Å². The van der Waals surface area contributed by atoms with Crippen LogP contribution in [0.5, 0.6) is 0 Å². The number of hydrogen-bond acceptors (Lipinski definition) is 9. The van der Waals surface area contributed by atoms with Crippen molar-refractivity contribution in [2.24, 2.45) is 11.8 Å². The van der Waals surface area contributed by atoms with Crippen LogP contribution in [0.3, 0.4) is 0 Å². The molecule has 2 fully saturated rings. The summed E-state index contributed by atoms with van der Waals surface area (Å²) in [7, 11) is -5.02. The molecule has 0 N–H and O–H groups in total. The van der Waals surface area contributed by atoms with Gasteiger partial charge in [0.15, 0.2) is 0 Å². The number of rotatable bonds is 5. The summed E-state index contributed by atoms with van der Waals surface area (Å²) >= 11 is 0. The van der Waals surface area contributed by atoms with Gasteiger partial charge in [0.25, 0.3) is 23.6 Å². The molecule has 3 aliphatic rings. The Balaban J connectivity index is 1.52. The topological polar surface area (TPSA) is 158 Å². The first-order chi connectivity index (χ1) is 13.1. The van der Waals surface area contributed by atoms with Gasteiger partial charge < -0.3 is 9.39 Å². The Morgan fingerprint density at radius 3 is 2.14 bits per heavy atom. The lowest BCUT2D eigenvalue weighted by atomic mass is 9.82. The van der Waals surface area contributed by atoms with Crippen LogP contribution in [-0.2, 0) is 38.9 Å². The molecular formula is C16H17N2O9S-. The van der Waals surface area contributed by atoms with Crippen LogP contribution in [0.1, 0.15) is 32.1 Å². The van der Waals surface area contributed by atoms with E-state index in [0.717, 1.165) is 4.90 Å². The fourth-order valence-corrected chi connectivity index (χ4v) is 4.21. The van der Waals surface area contributed by atoms with Crippen LogP contribution in [0.15, 0.2) is 12.2 Å². The average molecular weight is 413 g/mol. The fourth-order valence-electron chi connectivity index (χ4n) is 3.52. The summed E-state index contributed by atoms with van der Waals surface area (Å²) in [5.41, 5.74) is 0. The molecule has 28 heavy (non-hydrogen) atoms. The molecule has 4 amide bonds. The van der Waals surface area contributed by atoms with Crippen molar-refractivity contribution >= 4 is 39.7 Å². The SMILES string of the molecule is O=C(ON1C(=O)CC(S(=O)(=O)[O-])C1=O)C1CCC(CN2C(=O)C=CC2=O)CC1. The highest BCUT2D eigenvalue weighted by atomic mass is 32.2. The number of imide groups is 2. The van der Waals surface area contributed by atoms with E-state index < -0.39 is 45.5 Å². The van der Waals surface area contributed by atoms with Gasteiger partial charge >= 0.3 is 5.97 Å². The van der Waals surface area contributed by atoms with Gasteiger partial charge in [0.05, 0.1) is 12.3 Å². The van der Waals surface area contributed by atoms with Crippen LogP contribution in [-0.4, -0.2) is 64.3 Å². The lowest BCUT2D eigenvalue weighted by Crippen LogP contribution is -2.40. The second kappa shape index (κ2) is 7.43. The molecule has 1 saturated heterocycles. The summed E-state index contributed by atoms with van der Waals surface area (Å²) in [6, 6.07) is 0. The number of carbonyl (C=O) groups excluding carboxylic acids is 5. The molecule has 2 heterocycles. The molecule has 0 aromatic heterocycles. The lowest BCUT2D eigenvalue weighted by Gasteiger charge is -2.29. The first kappa shape index (κ1) is 20.1. The molecule has 152 valence electrons. The Morgan fingerprint density at radius 2 is 1.64 bits per heavy atom. The van der Waals surface area contributed by atoms with Crippen molar-refractivity contribution in [3.05, 3.63) is 12.2 Å². The predicted molar refractivity (Wildman–Crippen MR) is 87.4 cm³/mol. The molecule has 1 atom stereocenters. The smallest absolute Gasteiger partial charge is 0.336 e. The fraction of sp³-hybridized carbons (Fsp3) is 0.562. The normalized spacial score (nSPS) is 28.4. The number of hydrogen-bond donors (Lipinski definition) is 0. The second-order valence-corrected chi connectivity index (χ2v) is 8.51. The zero-order valence-electron chi connectivity index (χ0n) is 14.6. The minimum Gasteiger partial charge on any atom is -0.747 e. The number of amides is 4. The molecule has 1 unspecified atom stereocenters. The van der Waals surface area contributed by atoms with Gasteiger partial charge in [0.1, 0.15) is 15.4 Å². The number of carbonyl (C=O) groups is 5. The van der Waals surface area contributed by atoms with E-state index in [9.17, 15) is 36.9 Å². The maximum atomic E-state index is 12.2. The van der Waals surface area contributed by atoms with Crippen molar-refractivity contribution in [3.8, 4) is 0 Å². The number of hydroxylamine groups is 2. The second-order valence-electron chi connectivity index (χ2n) is 6.96. The Hall–Kier alpha value is -2.60. The van der Waals surface area contributed by atoms with Crippen molar-refractivity contribution in [1.82, 2.24) is 9.96 Å². The van der Waals surface area contributed by atoms with Crippen molar-refractivity contribution in [2.45, 2.75) is 37.4 Å². The largest absolute Gasteiger partial charge is 0.747 e. The van der Waals surface area contributed by atoms with E-state index in [1.807, 2.05) is 0 Å². The standard InChI is InChI=1S/C16H18N2O9S/c19-12-5-6-13(20)17(12)8-9-1-3-10(4-2-9)16(23)27-18-14(21)7-11(15(18)22)28(24,25)26/h5-6,9-11H,1-4,7-8H2,(H,24,25,26)/p-1. The van der Waals surface area contributed by atoms with Crippen LogP contribution >= 0.6 is 0 Å². The van der Waals surface area contributed by atoms with E-state index in [1.165, 1.54) is 12.2 Å². The van der Waals surface area contributed by atoms with Gasteiger partial charge in [0, 0.05) is 18.7 Å². The maximum Gasteiger partial charge on any atom is 0.336 e. The summed E-state index contributed by atoms with van der Waals surface area (Å²) < 4.78 is 33.0. The third-order valence-corrected chi connectivity index (χ3v) is 6.18. The molecule has 0 aromatic rings. The van der Waals surface area contributed by atoms with Gasteiger partial charge in [-0.3, -0.25) is 24.1 Å². The van der Waals surface area contributed by atoms with Gasteiger partial charge in [-0.15, -0.1) is 5.06 Å². The quantitative estimate of drug-likeness (QED) is 0.400. The molecule has 1 saturated carbocycles. The van der Waals surface area contributed by atoms with E-state index in [0.29, 0.717) is 25.7 Å². The van der Waals surface area contributed by atoms with Gasteiger partial charge in [-0.2, -0.15) is 0 Å². The monoisotopic (exact) mass is 413 g/mol. The Bertz CT molecular complexity index is 853. The lowest BCUT2D eigenvalue weighted by molar-refractivity contribution is -0.201. The minimum absolute atomic E-state index is 0.0156. The maximum absolute atomic E-state index is 12.2. The van der Waals surface area contributed by atoms with E-state index in [4.69, 9.17) is 4.84 Å². The van der Waals surface area contributed by atoms with Gasteiger partial charge in [-0.25, -0.2) is 13.2 Å². The van der Waals surface area contributed by atoms with E-state index in [2.05, 4.69) is 0 Å². The number of nitrogens with zero attached hydrogens (tertiary/aromatic N) is 2. The van der Waals surface area contributed by atoms with Crippen LogP contribution in [0, 0.1) is 11.8 Å². The van der Waals surface area contributed by atoms with Gasteiger partial charge in [0.2, 0.25) is 0 Å². The zero-order chi connectivity index (χ0) is 20.6. The molecule has 3 rings (SSSR count). The van der Waals surface area contributed by atoms with Crippen LogP contribution in [0.4, 0.5) is 0 Å². The molecular weight excluding hydrogens is 396 g/mol. The van der Waals surface area contributed by atoms with E-state index >= 15 is 0 Å². The molecule has 2 aliphatic heterocycles. The minimum atomic E-state index is -5.02. The van der Waals surface area contributed by atoms with Crippen molar-refractivity contribution in [3.63, 3.8) is 0 Å². The highest BCUT2D eigenvalue weighted by Gasteiger charge is 2.46. The van der Waals surface area contributed by atoms with Gasteiger partial charge in [-0.05, 0) is 31.6 Å². The van der Waals surface area contributed by atoms with E-state index in [-0.39, 0.29) is 29.3 Å².